The standard InChI is InChI=1S/C17H20ClNO4/c1-12-9-19(10-13(2)23-12)16(20)11-22-17(21)7-6-14-4-3-5-15(18)8-14/h3-8,12-13H,9-11H2,1-2H3/b7-6+/t12-,13-/m1/s1. The van der Waals surface area contributed by atoms with E-state index in [9.17, 15) is 9.59 Å². The minimum atomic E-state index is -0.562. The summed E-state index contributed by atoms with van der Waals surface area (Å²) < 4.78 is 10.6. The summed E-state index contributed by atoms with van der Waals surface area (Å²) in [5, 5.41) is 0.589. The normalized spacial score (nSPS) is 21.4. The van der Waals surface area contributed by atoms with Gasteiger partial charge in [-0.3, -0.25) is 4.79 Å². The molecule has 1 heterocycles. The van der Waals surface area contributed by atoms with Gasteiger partial charge in [0.2, 0.25) is 0 Å². The van der Waals surface area contributed by atoms with Gasteiger partial charge in [-0.15, -0.1) is 0 Å². The van der Waals surface area contributed by atoms with E-state index in [4.69, 9.17) is 21.1 Å². The molecule has 1 amide bonds. The smallest absolute Gasteiger partial charge is 0.331 e. The average molecular weight is 338 g/mol. The lowest BCUT2D eigenvalue weighted by molar-refractivity contribution is -0.154. The molecule has 23 heavy (non-hydrogen) atoms. The lowest BCUT2D eigenvalue weighted by atomic mass is 10.2. The first-order valence-electron chi connectivity index (χ1n) is 7.47. The van der Waals surface area contributed by atoms with Crippen molar-refractivity contribution >= 4 is 29.6 Å². The van der Waals surface area contributed by atoms with Crippen molar-refractivity contribution < 1.29 is 19.1 Å². The topological polar surface area (TPSA) is 55.8 Å². The van der Waals surface area contributed by atoms with Crippen molar-refractivity contribution in [3.63, 3.8) is 0 Å². The quantitative estimate of drug-likeness (QED) is 0.626. The number of esters is 1. The molecule has 0 N–H and O–H groups in total. The fourth-order valence-electron chi connectivity index (χ4n) is 2.43. The van der Waals surface area contributed by atoms with Gasteiger partial charge in [-0.25, -0.2) is 4.79 Å². The van der Waals surface area contributed by atoms with Gasteiger partial charge >= 0.3 is 5.97 Å². The monoisotopic (exact) mass is 337 g/mol. The summed E-state index contributed by atoms with van der Waals surface area (Å²) in [5.74, 6) is -0.774. The number of halogens is 1. The molecule has 1 fully saturated rings. The average Bonchev–Trinajstić information content (AvgIpc) is 2.49. The summed E-state index contributed by atoms with van der Waals surface area (Å²) in [6.45, 7) is 4.58. The molecule has 2 atom stereocenters. The van der Waals surface area contributed by atoms with Crippen molar-refractivity contribution in [2.45, 2.75) is 26.1 Å². The summed E-state index contributed by atoms with van der Waals surface area (Å²) in [6.07, 6.45) is 2.85. The van der Waals surface area contributed by atoms with E-state index in [0.717, 1.165) is 5.56 Å². The van der Waals surface area contributed by atoms with Crippen molar-refractivity contribution in [3.05, 3.63) is 40.9 Å². The Bertz CT molecular complexity index is 592. The molecule has 0 spiro atoms. The number of nitrogens with zero attached hydrogens (tertiary/aromatic N) is 1. The Balaban J connectivity index is 1.80. The summed E-state index contributed by atoms with van der Waals surface area (Å²) in [6, 6.07) is 7.09. The van der Waals surface area contributed by atoms with Crippen LogP contribution in [0.25, 0.3) is 6.08 Å². The summed E-state index contributed by atoms with van der Waals surface area (Å²) in [4.78, 5) is 25.4. The number of hydrogen-bond donors (Lipinski definition) is 0. The molecule has 0 radical (unpaired) electrons. The van der Waals surface area contributed by atoms with E-state index in [1.54, 1.807) is 29.2 Å². The van der Waals surface area contributed by atoms with Gasteiger partial charge in [0.05, 0.1) is 12.2 Å². The first-order chi connectivity index (χ1) is 10.9. The highest BCUT2D eigenvalue weighted by molar-refractivity contribution is 6.30. The van der Waals surface area contributed by atoms with Crippen LogP contribution in [0.2, 0.25) is 5.02 Å². The molecule has 0 aliphatic carbocycles. The molecule has 0 bridgehead atoms. The van der Waals surface area contributed by atoms with Gasteiger partial charge in [0.25, 0.3) is 5.91 Å². The first-order valence-corrected chi connectivity index (χ1v) is 7.85. The summed E-state index contributed by atoms with van der Waals surface area (Å²) in [5.41, 5.74) is 0.789. The molecule has 124 valence electrons. The van der Waals surface area contributed by atoms with E-state index < -0.39 is 5.97 Å². The molecule has 1 aliphatic heterocycles. The zero-order chi connectivity index (χ0) is 16.8. The maximum atomic E-state index is 12.1. The van der Waals surface area contributed by atoms with Crippen LogP contribution >= 0.6 is 11.6 Å². The molecular weight excluding hydrogens is 318 g/mol. The van der Waals surface area contributed by atoms with Crippen molar-refractivity contribution in [1.29, 1.82) is 0 Å². The van der Waals surface area contributed by atoms with Gasteiger partial charge < -0.3 is 14.4 Å². The number of carbonyl (C=O) groups excluding carboxylic acids is 2. The number of ether oxygens (including phenoxy) is 2. The van der Waals surface area contributed by atoms with Crippen molar-refractivity contribution in [2.24, 2.45) is 0 Å². The maximum Gasteiger partial charge on any atom is 0.331 e. The molecule has 1 aromatic rings. The molecule has 6 heteroatoms. The van der Waals surface area contributed by atoms with E-state index >= 15 is 0 Å². The number of rotatable bonds is 4. The second kappa shape index (κ2) is 8.13. The van der Waals surface area contributed by atoms with Crippen molar-refractivity contribution in [1.82, 2.24) is 4.90 Å². The van der Waals surface area contributed by atoms with E-state index in [0.29, 0.717) is 18.1 Å². The highest BCUT2D eigenvalue weighted by Gasteiger charge is 2.26. The largest absolute Gasteiger partial charge is 0.452 e. The fraction of sp³-hybridized carbons (Fsp3) is 0.412. The Kier molecular flexibility index (Phi) is 6.19. The predicted molar refractivity (Wildman–Crippen MR) is 88.0 cm³/mol. The Morgan fingerprint density at radius 1 is 1.35 bits per heavy atom. The van der Waals surface area contributed by atoms with E-state index in [1.165, 1.54) is 6.08 Å². The molecule has 5 nitrogen and oxygen atoms in total. The molecule has 1 aliphatic rings. The molecule has 0 unspecified atom stereocenters. The Morgan fingerprint density at radius 2 is 2.04 bits per heavy atom. The zero-order valence-electron chi connectivity index (χ0n) is 13.2. The van der Waals surface area contributed by atoms with Gasteiger partial charge in [0, 0.05) is 24.2 Å². The highest BCUT2D eigenvalue weighted by atomic mass is 35.5. The second-order valence-corrected chi connectivity index (χ2v) is 5.99. The van der Waals surface area contributed by atoms with Gasteiger partial charge in [0.1, 0.15) is 0 Å². The number of benzene rings is 1. The van der Waals surface area contributed by atoms with Crippen molar-refractivity contribution in [2.75, 3.05) is 19.7 Å². The third kappa shape index (κ3) is 5.69. The molecule has 2 rings (SSSR count). The molecule has 0 saturated carbocycles. The molecular formula is C17H20ClNO4. The molecule has 1 saturated heterocycles. The van der Waals surface area contributed by atoms with Crippen LogP contribution < -0.4 is 0 Å². The first kappa shape index (κ1) is 17.5. The van der Waals surface area contributed by atoms with Crippen LogP contribution in [-0.2, 0) is 19.1 Å². The minimum Gasteiger partial charge on any atom is -0.452 e. The Morgan fingerprint density at radius 3 is 2.70 bits per heavy atom. The third-order valence-electron chi connectivity index (χ3n) is 3.37. The van der Waals surface area contributed by atoms with Crippen molar-refractivity contribution in [3.8, 4) is 0 Å². The number of hydrogen-bond acceptors (Lipinski definition) is 4. The van der Waals surface area contributed by atoms with Gasteiger partial charge in [0.15, 0.2) is 6.61 Å². The molecule has 1 aromatic carbocycles. The number of carbonyl (C=O) groups is 2. The van der Waals surface area contributed by atoms with Crippen LogP contribution in [0.1, 0.15) is 19.4 Å². The third-order valence-corrected chi connectivity index (χ3v) is 3.61. The van der Waals surface area contributed by atoms with Crippen LogP contribution in [0.3, 0.4) is 0 Å². The number of amides is 1. The summed E-state index contributed by atoms with van der Waals surface area (Å²) >= 11 is 5.86. The highest BCUT2D eigenvalue weighted by Crippen LogP contribution is 2.12. The summed E-state index contributed by atoms with van der Waals surface area (Å²) in [7, 11) is 0. The van der Waals surface area contributed by atoms with Gasteiger partial charge in [-0.2, -0.15) is 0 Å². The van der Waals surface area contributed by atoms with Crippen LogP contribution in [0, 0.1) is 0 Å². The van der Waals surface area contributed by atoms with Crippen LogP contribution in [-0.4, -0.2) is 48.7 Å². The number of morpholine rings is 1. The predicted octanol–water partition coefficient (Wildman–Crippen LogP) is 2.53. The SMILES string of the molecule is C[C@@H]1CN(C(=O)COC(=O)/C=C/c2cccc(Cl)c2)C[C@@H](C)O1. The lowest BCUT2D eigenvalue weighted by Crippen LogP contribution is -2.49. The minimum absolute atomic E-state index is 0.0128. The second-order valence-electron chi connectivity index (χ2n) is 5.55. The van der Waals surface area contributed by atoms with E-state index in [1.807, 2.05) is 19.9 Å². The van der Waals surface area contributed by atoms with Gasteiger partial charge in [-0.1, -0.05) is 23.7 Å². The maximum absolute atomic E-state index is 12.1. The molecule has 0 aromatic heterocycles. The zero-order valence-corrected chi connectivity index (χ0v) is 14.0. The Labute approximate surface area is 140 Å². The van der Waals surface area contributed by atoms with E-state index in [2.05, 4.69) is 0 Å². The van der Waals surface area contributed by atoms with Crippen LogP contribution in [0.4, 0.5) is 0 Å². The fourth-order valence-corrected chi connectivity index (χ4v) is 2.63. The lowest BCUT2D eigenvalue weighted by Gasteiger charge is -2.35. The van der Waals surface area contributed by atoms with Crippen LogP contribution in [0.15, 0.2) is 30.3 Å². The Hall–Kier alpha value is -1.85. The van der Waals surface area contributed by atoms with Gasteiger partial charge in [-0.05, 0) is 37.6 Å². The van der Waals surface area contributed by atoms with E-state index in [-0.39, 0.29) is 24.7 Å². The van der Waals surface area contributed by atoms with Crippen LogP contribution in [0.5, 0.6) is 0 Å².